The van der Waals surface area contributed by atoms with Crippen LogP contribution < -0.4 is 4.90 Å². The second kappa shape index (κ2) is 4.35. The van der Waals surface area contributed by atoms with E-state index >= 15 is 0 Å². The smallest absolute Gasteiger partial charge is 0.323 e. The summed E-state index contributed by atoms with van der Waals surface area (Å²) in [7, 11) is 1.77. The van der Waals surface area contributed by atoms with Crippen molar-refractivity contribution in [3.8, 4) is 0 Å². The molecule has 0 aromatic heterocycles. The van der Waals surface area contributed by atoms with E-state index in [2.05, 4.69) is 0 Å². The van der Waals surface area contributed by atoms with Crippen molar-refractivity contribution in [1.82, 2.24) is 4.90 Å². The molecule has 4 heteroatoms. The van der Waals surface area contributed by atoms with Gasteiger partial charge in [-0.1, -0.05) is 18.2 Å². The molecule has 0 N–H and O–H groups in total. The molecule has 0 bridgehead atoms. The minimum Gasteiger partial charge on any atom is -0.323 e. The van der Waals surface area contributed by atoms with Crippen molar-refractivity contribution in [2.24, 2.45) is 0 Å². The highest BCUT2D eigenvalue weighted by Gasteiger charge is 2.26. The first-order valence-electron chi connectivity index (χ1n) is 5.28. The fraction of sp³-hybridized carbons (Fsp3) is 0.333. The first-order chi connectivity index (χ1) is 7.74. The Bertz CT molecular complexity index is 417. The molecule has 0 radical (unpaired) electrons. The molecule has 0 spiro atoms. The van der Waals surface area contributed by atoms with Crippen molar-refractivity contribution in [2.45, 2.75) is 13.0 Å². The Morgan fingerprint density at radius 3 is 2.88 bits per heavy atom. The maximum absolute atomic E-state index is 11.9. The number of nitrogens with zero attached hydrogens (tertiary/aromatic N) is 2. The van der Waals surface area contributed by atoms with E-state index in [-0.39, 0.29) is 6.03 Å². The van der Waals surface area contributed by atoms with E-state index < -0.39 is 0 Å². The summed E-state index contributed by atoms with van der Waals surface area (Å²) in [4.78, 5) is 25.6. The van der Waals surface area contributed by atoms with Crippen molar-refractivity contribution in [2.75, 3.05) is 18.5 Å². The molecule has 0 saturated carbocycles. The molecule has 1 aliphatic heterocycles. The third kappa shape index (κ3) is 1.78. The molecule has 0 fully saturated rings. The predicted molar refractivity (Wildman–Crippen MR) is 61.3 cm³/mol. The minimum atomic E-state index is -0.0412. The monoisotopic (exact) mass is 218 g/mol. The van der Waals surface area contributed by atoms with E-state index in [1.54, 1.807) is 16.8 Å². The number of aldehydes is 1. The number of anilines is 1. The first kappa shape index (κ1) is 10.7. The van der Waals surface area contributed by atoms with Crippen LogP contribution in [0.1, 0.15) is 12.0 Å². The van der Waals surface area contributed by atoms with Crippen LogP contribution >= 0.6 is 0 Å². The van der Waals surface area contributed by atoms with Gasteiger partial charge in [0.05, 0.1) is 5.69 Å². The summed E-state index contributed by atoms with van der Waals surface area (Å²) in [5.74, 6) is 0. The second-order valence-electron chi connectivity index (χ2n) is 3.87. The third-order valence-electron chi connectivity index (χ3n) is 2.72. The van der Waals surface area contributed by atoms with Crippen LogP contribution in [0.2, 0.25) is 0 Å². The molecule has 2 rings (SSSR count). The highest BCUT2D eigenvalue weighted by atomic mass is 16.2. The number of amides is 2. The fourth-order valence-electron chi connectivity index (χ4n) is 1.94. The van der Waals surface area contributed by atoms with E-state index in [1.807, 2.05) is 24.3 Å². The van der Waals surface area contributed by atoms with Gasteiger partial charge in [0, 0.05) is 26.6 Å². The normalized spacial score (nSPS) is 14.9. The van der Waals surface area contributed by atoms with Gasteiger partial charge in [0.1, 0.15) is 6.29 Å². The maximum atomic E-state index is 11.9. The number of carbonyl (C=O) groups excluding carboxylic acids is 2. The number of carbonyl (C=O) groups is 2. The van der Waals surface area contributed by atoms with Gasteiger partial charge in [0.2, 0.25) is 0 Å². The van der Waals surface area contributed by atoms with E-state index in [1.165, 1.54) is 0 Å². The van der Waals surface area contributed by atoms with Crippen molar-refractivity contribution < 1.29 is 9.59 Å². The Kier molecular flexibility index (Phi) is 2.90. The van der Waals surface area contributed by atoms with Crippen molar-refractivity contribution in [1.29, 1.82) is 0 Å². The number of hydrogen-bond acceptors (Lipinski definition) is 2. The number of urea groups is 1. The van der Waals surface area contributed by atoms with Gasteiger partial charge in [-0.25, -0.2) is 4.79 Å². The number of benzene rings is 1. The number of hydrogen-bond donors (Lipinski definition) is 0. The molecule has 1 heterocycles. The van der Waals surface area contributed by atoms with Crippen LogP contribution in [0.3, 0.4) is 0 Å². The van der Waals surface area contributed by atoms with Gasteiger partial charge in [-0.15, -0.1) is 0 Å². The van der Waals surface area contributed by atoms with Gasteiger partial charge in [-0.05, 0) is 11.6 Å². The molecule has 1 aromatic carbocycles. The molecule has 84 valence electrons. The van der Waals surface area contributed by atoms with Crippen molar-refractivity contribution in [3.63, 3.8) is 0 Å². The molecule has 16 heavy (non-hydrogen) atoms. The molecule has 0 atom stereocenters. The average molecular weight is 218 g/mol. The Labute approximate surface area is 94.5 Å². The molecular formula is C12H14N2O2. The summed E-state index contributed by atoms with van der Waals surface area (Å²) in [6.07, 6.45) is 1.21. The summed E-state index contributed by atoms with van der Waals surface area (Å²) in [6, 6.07) is 7.75. The molecule has 0 saturated heterocycles. The molecule has 2 amide bonds. The van der Waals surface area contributed by atoms with Gasteiger partial charge < -0.3 is 9.69 Å². The molecule has 0 aliphatic carbocycles. The Hall–Kier alpha value is -1.84. The average Bonchev–Trinajstić information content (AvgIpc) is 2.30. The molecular weight excluding hydrogens is 204 g/mol. The summed E-state index contributed by atoms with van der Waals surface area (Å²) in [5, 5.41) is 0. The van der Waals surface area contributed by atoms with Crippen LogP contribution in [0.25, 0.3) is 0 Å². The summed E-state index contributed by atoms with van der Waals surface area (Å²) in [6.45, 7) is 1.08. The van der Waals surface area contributed by atoms with Crippen LogP contribution in [0, 0.1) is 0 Å². The van der Waals surface area contributed by atoms with Crippen LogP contribution in [0.4, 0.5) is 10.5 Å². The summed E-state index contributed by atoms with van der Waals surface area (Å²) >= 11 is 0. The van der Waals surface area contributed by atoms with Crippen LogP contribution in [0.15, 0.2) is 24.3 Å². The van der Waals surface area contributed by atoms with Gasteiger partial charge in [-0.3, -0.25) is 4.90 Å². The van der Waals surface area contributed by atoms with E-state index in [0.717, 1.165) is 17.5 Å². The Balaban J connectivity index is 2.33. The Morgan fingerprint density at radius 2 is 2.12 bits per heavy atom. The van der Waals surface area contributed by atoms with Crippen molar-refractivity contribution >= 4 is 18.0 Å². The van der Waals surface area contributed by atoms with Gasteiger partial charge in [0.15, 0.2) is 0 Å². The van der Waals surface area contributed by atoms with Crippen LogP contribution in [-0.2, 0) is 11.3 Å². The van der Waals surface area contributed by atoms with Crippen LogP contribution in [-0.4, -0.2) is 30.8 Å². The lowest BCUT2D eigenvalue weighted by atomic mass is 10.1. The summed E-state index contributed by atoms with van der Waals surface area (Å²) < 4.78 is 0. The molecule has 4 nitrogen and oxygen atoms in total. The zero-order chi connectivity index (χ0) is 11.5. The van der Waals surface area contributed by atoms with E-state index in [4.69, 9.17) is 0 Å². The summed E-state index contributed by atoms with van der Waals surface area (Å²) in [5.41, 5.74) is 2.04. The predicted octanol–water partition coefficient (Wildman–Crippen LogP) is 1.65. The standard InChI is InChI=1S/C12H14N2O2/c1-13-9-10-5-2-3-6-11(10)14(12(13)16)7-4-8-15/h2-3,5-6,8H,4,7,9H2,1H3. The second-order valence-corrected chi connectivity index (χ2v) is 3.87. The molecule has 0 unspecified atom stereocenters. The number of rotatable bonds is 3. The van der Waals surface area contributed by atoms with Crippen molar-refractivity contribution in [3.05, 3.63) is 29.8 Å². The largest absolute Gasteiger partial charge is 0.324 e. The topological polar surface area (TPSA) is 40.6 Å². The highest BCUT2D eigenvalue weighted by Crippen LogP contribution is 2.27. The van der Waals surface area contributed by atoms with Gasteiger partial charge >= 0.3 is 6.03 Å². The quantitative estimate of drug-likeness (QED) is 0.724. The number of para-hydroxylation sites is 1. The SMILES string of the molecule is CN1Cc2ccccc2N(CCC=O)C1=O. The minimum absolute atomic E-state index is 0.0412. The van der Waals surface area contributed by atoms with Crippen LogP contribution in [0.5, 0.6) is 0 Å². The molecule has 1 aromatic rings. The van der Waals surface area contributed by atoms with E-state index in [0.29, 0.717) is 19.5 Å². The van der Waals surface area contributed by atoms with E-state index in [9.17, 15) is 9.59 Å². The first-order valence-corrected chi connectivity index (χ1v) is 5.28. The zero-order valence-electron chi connectivity index (χ0n) is 9.22. The Morgan fingerprint density at radius 1 is 1.38 bits per heavy atom. The van der Waals surface area contributed by atoms with Gasteiger partial charge in [-0.2, -0.15) is 0 Å². The zero-order valence-corrected chi connectivity index (χ0v) is 9.22. The number of fused-ring (bicyclic) bond motifs is 1. The lowest BCUT2D eigenvalue weighted by Crippen LogP contribution is -2.45. The maximum Gasteiger partial charge on any atom is 0.324 e. The lowest BCUT2D eigenvalue weighted by molar-refractivity contribution is -0.107. The van der Waals surface area contributed by atoms with Gasteiger partial charge in [0.25, 0.3) is 0 Å². The fourth-order valence-corrected chi connectivity index (χ4v) is 1.94. The highest BCUT2D eigenvalue weighted by molar-refractivity contribution is 5.94. The third-order valence-corrected chi connectivity index (χ3v) is 2.72. The lowest BCUT2D eigenvalue weighted by Gasteiger charge is -2.34. The molecule has 1 aliphatic rings.